The average molecular weight is 393 g/mol. The number of alkyl halides is 3. The summed E-state index contributed by atoms with van der Waals surface area (Å²) in [5.41, 5.74) is -0.361. The van der Waals surface area contributed by atoms with Crippen LogP contribution in [0.4, 0.5) is 18.0 Å². The fraction of sp³-hybridized carbons (Fsp3) is 0.158. The summed E-state index contributed by atoms with van der Waals surface area (Å²) in [5.74, 6) is 0.145. The van der Waals surface area contributed by atoms with Crippen molar-refractivity contribution in [3.8, 4) is 5.75 Å². The highest BCUT2D eigenvalue weighted by molar-refractivity contribution is 8.18. The van der Waals surface area contributed by atoms with Crippen LogP contribution in [-0.4, -0.2) is 29.2 Å². The molecule has 1 aliphatic rings. The van der Waals surface area contributed by atoms with Crippen molar-refractivity contribution in [2.45, 2.75) is 6.18 Å². The van der Waals surface area contributed by atoms with Gasteiger partial charge in [0.05, 0.1) is 17.0 Å². The number of nitrogens with zero attached hydrogens (tertiary/aromatic N) is 1. The molecule has 8 heteroatoms. The van der Waals surface area contributed by atoms with Gasteiger partial charge in [-0.25, -0.2) is 0 Å². The Morgan fingerprint density at radius 2 is 1.67 bits per heavy atom. The van der Waals surface area contributed by atoms with Crippen molar-refractivity contribution < 1.29 is 27.5 Å². The van der Waals surface area contributed by atoms with Crippen LogP contribution in [0.3, 0.4) is 0 Å². The second-order valence-electron chi connectivity index (χ2n) is 5.61. The van der Waals surface area contributed by atoms with Crippen molar-refractivity contribution in [3.63, 3.8) is 0 Å². The van der Waals surface area contributed by atoms with Crippen molar-refractivity contribution in [1.29, 1.82) is 0 Å². The molecule has 140 valence electrons. The molecule has 0 bridgehead atoms. The predicted octanol–water partition coefficient (Wildman–Crippen LogP) is 4.82. The molecule has 0 saturated carbocycles. The first-order valence-corrected chi connectivity index (χ1v) is 8.77. The van der Waals surface area contributed by atoms with Crippen LogP contribution < -0.4 is 4.74 Å². The molecule has 2 aromatic rings. The molecule has 0 aromatic heterocycles. The van der Waals surface area contributed by atoms with E-state index in [1.165, 1.54) is 18.2 Å². The van der Waals surface area contributed by atoms with Gasteiger partial charge in [0, 0.05) is 0 Å². The van der Waals surface area contributed by atoms with Crippen LogP contribution in [0.25, 0.3) is 6.08 Å². The van der Waals surface area contributed by atoms with Crippen LogP contribution in [0, 0.1) is 0 Å². The number of halogens is 3. The highest BCUT2D eigenvalue weighted by Crippen LogP contribution is 2.33. The summed E-state index contributed by atoms with van der Waals surface area (Å²) in [4.78, 5) is 25.6. The monoisotopic (exact) mass is 393 g/mol. The number of thioether (sulfide) groups is 1. The van der Waals surface area contributed by atoms with Gasteiger partial charge in [0.25, 0.3) is 11.1 Å². The van der Waals surface area contributed by atoms with E-state index >= 15 is 0 Å². The van der Waals surface area contributed by atoms with Gasteiger partial charge in [0.2, 0.25) is 0 Å². The van der Waals surface area contributed by atoms with Crippen LogP contribution in [0.2, 0.25) is 0 Å². The van der Waals surface area contributed by atoms with E-state index in [0.29, 0.717) is 11.3 Å². The van der Waals surface area contributed by atoms with Gasteiger partial charge in [0.15, 0.2) is 0 Å². The van der Waals surface area contributed by atoms with E-state index < -0.39 is 22.9 Å². The minimum Gasteiger partial charge on any atom is -0.492 e. The third kappa shape index (κ3) is 4.71. The third-order valence-electron chi connectivity index (χ3n) is 3.74. The minimum atomic E-state index is -4.42. The van der Waals surface area contributed by atoms with Gasteiger partial charge in [-0.05, 0) is 47.7 Å². The lowest BCUT2D eigenvalue weighted by atomic mass is 10.1. The van der Waals surface area contributed by atoms with E-state index in [9.17, 15) is 22.8 Å². The van der Waals surface area contributed by atoms with Crippen LogP contribution in [0.1, 0.15) is 11.1 Å². The Bertz CT molecular complexity index is 864. The molecule has 1 fully saturated rings. The quantitative estimate of drug-likeness (QED) is 0.684. The van der Waals surface area contributed by atoms with Crippen LogP contribution in [0.5, 0.6) is 5.75 Å². The van der Waals surface area contributed by atoms with Crippen molar-refractivity contribution in [3.05, 3.63) is 70.6 Å². The molecule has 0 atom stereocenters. The first-order valence-electron chi connectivity index (χ1n) is 7.95. The zero-order chi connectivity index (χ0) is 19.4. The van der Waals surface area contributed by atoms with Crippen molar-refractivity contribution >= 4 is 29.0 Å². The number of carbonyl (C=O) groups excluding carboxylic acids is 2. The number of para-hydroxylation sites is 1. The highest BCUT2D eigenvalue weighted by atomic mass is 32.2. The highest BCUT2D eigenvalue weighted by Gasteiger charge is 2.35. The Kier molecular flexibility index (Phi) is 5.55. The molecule has 4 nitrogen and oxygen atoms in total. The Hall–Kier alpha value is -2.74. The van der Waals surface area contributed by atoms with E-state index in [0.717, 1.165) is 28.8 Å². The fourth-order valence-electron chi connectivity index (χ4n) is 2.38. The van der Waals surface area contributed by atoms with Crippen LogP contribution >= 0.6 is 11.8 Å². The van der Waals surface area contributed by atoms with Gasteiger partial charge < -0.3 is 4.74 Å². The van der Waals surface area contributed by atoms with Gasteiger partial charge in [-0.15, -0.1) is 0 Å². The number of ether oxygens (including phenoxy) is 1. The number of benzene rings is 2. The number of hydrogen-bond donors (Lipinski definition) is 0. The zero-order valence-electron chi connectivity index (χ0n) is 13.9. The van der Waals surface area contributed by atoms with E-state index in [-0.39, 0.29) is 18.1 Å². The van der Waals surface area contributed by atoms with Gasteiger partial charge in [-0.2, -0.15) is 13.2 Å². The SMILES string of the molecule is O=C1S/C(=C\c2ccc(C(F)(F)F)cc2)C(=O)N1CCOc1ccccc1. The number of amides is 2. The first kappa shape index (κ1) is 19.0. The number of imide groups is 1. The number of carbonyl (C=O) groups is 2. The molecule has 2 amide bonds. The second-order valence-corrected chi connectivity index (χ2v) is 6.61. The standard InChI is InChI=1S/C19H14F3NO3S/c20-19(21,22)14-8-6-13(7-9-14)12-16-17(24)23(18(25)27-16)10-11-26-15-4-2-1-3-5-15/h1-9,12H,10-11H2/b16-12-. The molecular weight excluding hydrogens is 379 g/mol. The largest absolute Gasteiger partial charge is 0.492 e. The molecule has 1 saturated heterocycles. The summed E-state index contributed by atoms with van der Waals surface area (Å²) in [6.07, 6.45) is -3.02. The average Bonchev–Trinajstić information content (AvgIpc) is 2.90. The molecule has 1 aliphatic heterocycles. The van der Waals surface area contributed by atoms with Gasteiger partial charge in [-0.1, -0.05) is 30.3 Å². The predicted molar refractivity (Wildman–Crippen MR) is 96.1 cm³/mol. The number of rotatable bonds is 5. The molecule has 0 unspecified atom stereocenters. The van der Waals surface area contributed by atoms with E-state index in [1.807, 2.05) is 18.2 Å². The van der Waals surface area contributed by atoms with E-state index in [4.69, 9.17) is 4.74 Å². The van der Waals surface area contributed by atoms with E-state index in [1.54, 1.807) is 12.1 Å². The van der Waals surface area contributed by atoms with Crippen molar-refractivity contribution in [1.82, 2.24) is 4.90 Å². The number of hydrogen-bond acceptors (Lipinski definition) is 4. The van der Waals surface area contributed by atoms with Gasteiger partial charge >= 0.3 is 6.18 Å². The summed E-state index contributed by atoms with van der Waals surface area (Å²) in [6.45, 7) is 0.236. The lowest BCUT2D eigenvalue weighted by Gasteiger charge is -2.13. The maximum absolute atomic E-state index is 12.6. The third-order valence-corrected chi connectivity index (χ3v) is 4.64. The van der Waals surface area contributed by atoms with Crippen LogP contribution in [-0.2, 0) is 11.0 Å². The molecule has 2 aromatic carbocycles. The van der Waals surface area contributed by atoms with Crippen molar-refractivity contribution in [2.75, 3.05) is 13.2 Å². The molecule has 3 rings (SSSR count). The van der Waals surface area contributed by atoms with E-state index in [2.05, 4.69) is 0 Å². The second kappa shape index (κ2) is 7.87. The summed E-state index contributed by atoms with van der Waals surface area (Å²) in [6, 6.07) is 13.4. The smallest absolute Gasteiger partial charge is 0.416 e. The minimum absolute atomic E-state index is 0.0872. The summed E-state index contributed by atoms with van der Waals surface area (Å²) >= 11 is 0.753. The first-order chi connectivity index (χ1) is 12.8. The Balaban J connectivity index is 1.63. The fourth-order valence-corrected chi connectivity index (χ4v) is 3.25. The summed E-state index contributed by atoms with van der Waals surface area (Å²) in [7, 11) is 0. The lowest BCUT2D eigenvalue weighted by Crippen LogP contribution is -2.32. The molecule has 1 heterocycles. The Morgan fingerprint density at radius 3 is 2.30 bits per heavy atom. The molecule has 0 aliphatic carbocycles. The Labute approximate surface area is 157 Å². The molecule has 0 radical (unpaired) electrons. The molecule has 27 heavy (non-hydrogen) atoms. The van der Waals surface area contributed by atoms with Gasteiger partial charge in [0.1, 0.15) is 12.4 Å². The van der Waals surface area contributed by atoms with Crippen LogP contribution in [0.15, 0.2) is 59.5 Å². The van der Waals surface area contributed by atoms with Gasteiger partial charge in [-0.3, -0.25) is 14.5 Å². The maximum Gasteiger partial charge on any atom is 0.416 e. The Morgan fingerprint density at radius 1 is 1.00 bits per heavy atom. The molecule has 0 spiro atoms. The molecule has 0 N–H and O–H groups in total. The topological polar surface area (TPSA) is 46.6 Å². The lowest BCUT2D eigenvalue weighted by molar-refractivity contribution is -0.137. The zero-order valence-corrected chi connectivity index (χ0v) is 14.7. The summed E-state index contributed by atoms with van der Waals surface area (Å²) < 4.78 is 43.3. The molecular formula is C19H14F3NO3S. The maximum atomic E-state index is 12.6. The summed E-state index contributed by atoms with van der Waals surface area (Å²) in [5, 5.41) is -0.435. The van der Waals surface area contributed by atoms with Crippen molar-refractivity contribution in [2.24, 2.45) is 0 Å². The normalized spacial score (nSPS) is 16.3.